The maximum Gasteiger partial charge on any atom is 0.372 e. The lowest BCUT2D eigenvalue weighted by atomic mass is 10.2. The topological polar surface area (TPSA) is 84.9 Å². The van der Waals surface area contributed by atoms with Crippen LogP contribution in [0.5, 0.6) is 0 Å². The van der Waals surface area contributed by atoms with Crippen molar-refractivity contribution in [2.75, 3.05) is 31.6 Å². The van der Waals surface area contributed by atoms with Crippen LogP contribution in [0.4, 0.5) is 11.6 Å². The van der Waals surface area contributed by atoms with Crippen LogP contribution in [0.2, 0.25) is 0 Å². The number of rotatable bonds is 6. The van der Waals surface area contributed by atoms with E-state index in [1.54, 1.807) is 18.3 Å². The van der Waals surface area contributed by atoms with E-state index in [1.807, 2.05) is 24.3 Å². The number of hydrogen-bond acceptors (Lipinski definition) is 6. The van der Waals surface area contributed by atoms with Crippen LogP contribution < -0.4 is 5.32 Å². The van der Waals surface area contributed by atoms with Crippen molar-refractivity contribution in [2.24, 2.45) is 0 Å². The zero-order valence-electron chi connectivity index (χ0n) is 14.8. The Bertz CT molecular complexity index is 927. The molecule has 1 aliphatic rings. The molecule has 1 aromatic carbocycles. The Morgan fingerprint density at radius 3 is 2.85 bits per heavy atom. The largest absolute Gasteiger partial charge is 0.374 e. The number of ether oxygens (including phenoxy) is 1. The second-order valence-corrected chi connectivity index (χ2v) is 6.56. The number of nitrogens with zero attached hydrogens (tertiary/aromatic N) is 4. The molecule has 0 saturated carbocycles. The molecule has 8 heteroatoms. The molecule has 0 spiro atoms. The minimum atomic E-state index is -0.411. The Morgan fingerprint density at radius 2 is 2.04 bits per heavy atom. The number of aromatic nitrogens is 2. The van der Waals surface area contributed by atoms with Crippen molar-refractivity contribution < 1.29 is 9.66 Å². The van der Waals surface area contributed by atoms with Crippen molar-refractivity contribution in [1.29, 1.82) is 0 Å². The predicted octanol–water partition coefficient (Wildman–Crippen LogP) is 2.56. The van der Waals surface area contributed by atoms with Gasteiger partial charge in [-0.05, 0) is 16.6 Å². The number of morpholine rings is 1. The highest BCUT2D eigenvalue weighted by Gasteiger charge is 2.25. The summed E-state index contributed by atoms with van der Waals surface area (Å²) in [5.74, 6) is 0.220. The molecule has 27 heavy (non-hydrogen) atoms. The number of nitro groups is 1. The lowest BCUT2D eigenvalue weighted by Gasteiger charge is -2.33. The molecule has 140 valence electrons. The zero-order chi connectivity index (χ0) is 18.6. The number of fused-ring (bicyclic) bond motifs is 1. The monoisotopic (exact) mass is 367 g/mol. The Balaban J connectivity index is 1.42. The second-order valence-electron chi connectivity index (χ2n) is 6.56. The molecular formula is C19H21N5O3. The van der Waals surface area contributed by atoms with Gasteiger partial charge < -0.3 is 20.2 Å². The van der Waals surface area contributed by atoms with Crippen molar-refractivity contribution in [3.05, 3.63) is 70.4 Å². The third-order valence-electron chi connectivity index (χ3n) is 4.65. The first-order valence-electron chi connectivity index (χ1n) is 8.94. The highest BCUT2D eigenvalue weighted by atomic mass is 16.6. The van der Waals surface area contributed by atoms with Crippen molar-refractivity contribution in [2.45, 2.75) is 12.6 Å². The van der Waals surface area contributed by atoms with E-state index in [0.29, 0.717) is 18.8 Å². The number of nitrogens with one attached hydrogen (secondary N) is 1. The molecule has 1 fully saturated rings. The Kier molecular flexibility index (Phi) is 4.99. The van der Waals surface area contributed by atoms with Gasteiger partial charge in [0.25, 0.3) is 0 Å². The first-order chi connectivity index (χ1) is 13.2. The standard InChI is InChI=1S/C19H21N5O3/c25-24(26)19-18(21-17-8-4-5-9-23(17)19)20-12-16-14-22(10-11-27-16)13-15-6-2-1-3-7-15/h1-9,16,20H,10-14H2. The quantitative estimate of drug-likeness (QED) is 0.532. The summed E-state index contributed by atoms with van der Waals surface area (Å²) in [6.45, 7) is 3.63. The second kappa shape index (κ2) is 7.73. The SMILES string of the molecule is O=[N+]([O-])c1c(NCC2CN(Cc3ccccc3)CCO2)nc2ccccn12. The minimum Gasteiger partial charge on any atom is -0.374 e. The van der Waals surface area contributed by atoms with Crippen LogP contribution in [0.25, 0.3) is 5.65 Å². The van der Waals surface area contributed by atoms with E-state index in [4.69, 9.17) is 4.74 Å². The number of benzene rings is 1. The number of imidazole rings is 1. The van der Waals surface area contributed by atoms with Crippen LogP contribution in [0.15, 0.2) is 54.7 Å². The minimum absolute atomic E-state index is 0.0492. The summed E-state index contributed by atoms with van der Waals surface area (Å²) in [6, 6.07) is 15.6. The van der Waals surface area contributed by atoms with E-state index in [0.717, 1.165) is 19.6 Å². The van der Waals surface area contributed by atoms with Gasteiger partial charge >= 0.3 is 5.82 Å². The van der Waals surface area contributed by atoms with E-state index in [9.17, 15) is 10.1 Å². The summed E-state index contributed by atoms with van der Waals surface area (Å²) < 4.78 is 7.31. The summed E-state index contributed by atoms with van der Waals surface area (Å²) in [6.07, 6.45) is 1.59. The van der Waals surface area contributed by atoms with Gasteiger partial charge in [0.15, 0.2) is 0 Å². The first-order valence-corrected chi connectivity index (χ1v) is 8.94. The maximum atomic E-state index is 11.5. The molecule has 1 N–H and O–H groups in total. The average molecular weight is 367 g/mol. The highest BCUT2D eigenvalue weighted by molar-refractivity contribution is 5.62. The molecule has 3 heterocycles. The first kappa shape index (κ1) is 17.4. The molecule has 0 radical (unpaired) electrons. The van der Waals surface area contributed by atoms with Gasteiger partial charge in [0.2, 0.25) is 11.5 Å². The van der Waals surface area contributed by atoms with E-state index >= 15 is 0 Å². The molecule has 1 unspecified atom stereocenters. The van der Waals surface area contributed by atoms with Crippen molar-refractivity contribution in [3.8, 4) is 0 Å². The van der Waals surface area contributed by atoms with E-state index in [2.05, 4.69) is 27.3 Å². The molecule has 1 saturated heterocycles. The number of anilines is 1. The molecule has 0 aliphatic carbocycles. The van der Waals surface area contributed by atoms with Gasteiger partial charge in [0.05, 0.1) is 18.9 Å². The van der Waals surface area contributed by atoms with Crippen LogP contribution in [0.1, 0.15) is 5.56 Å². The van der Waals surface area contributed by atoms with E-state index < -0.39 is 4.92 Å². The Hall–Kier alpha value is -2.97. The lowest BCUT2D eigenvalue weighted by molar-refractivity contribution is -0.389. The fraction of sp³-hybridized carbons (Fsp3) is 0.316. The highest BCUT2D eigenvalue weighted by Crippen LogP contribution is 2.25. The van der Waals surface area contributed by atoms with Gasteiger partial charge in [-0.3, -0.25) is 4.90 Å². The van der Waals surface area contributed by atoms with Crippen molar-refractivity contribution in [3.63, 3.8) is 0 Å². The normalized spacial score (nSPS) is 17.9. The fourth-order valence-corrected chi connectivity index (χ4v) is 3.38. The molecule has 1 atom stereocenters. The summed E-state index contributed by atoms with van der Waals surface area (Å²) in [4.78, 5) is 17.7. The summed E-state index contributed by atoms with van der Waals surface area (Å²) >= 11 is 0. The van der Waals surface area contributed by atoms with Crippen LogP contribution in [0.3, 0.4) is 0 Å². The molecule has 1 aliphatic heterocycles. The molecule has 8 nitrogen and oxygen atoms in total. The molecule has 3 aromatic rings. The lowest BCUT2D eigenvalue weighted by Crippen LogP contribution is -2.44. The summed E-state index contributed by atoms with van der Waals surface area (Å²) in [5.41, 5.74) is 1.81. The van der Waals surface area contributed by atoms with Crippen LogP contribution in [-0.4, -0.2) is 51.6 Å². The molecule has 0 amide bonds. The maximum absolute atomic E-state index is 11.5. The van der Waals surface area contributed by atoms with Gasteiger partial charge in [-0.15, -0.1) is 0 Å². The van der Waals surface area contributed by atoms with Gasteiger partial charge in [-0.25, -0.2) is 0 Å². The average Bonchev–Trinajstić information content (AvgIpc) is 3.06. The summed E-state index contributed by atoms with van der Waals surface area (Å²) in [7, 11) is 0. The smallest absolute Gasteiger partial charge is 0.372 e. The van der Waals surface area contributed by atoms with E-state index in [1.165, 1.54) is 9.96 Å². The van der Waals surface area contributed by atoms with E-state index in [-0.39, 0.29) is 17.7 Å². The molecule has 0 bridgehead atoms. The van der Waals surface area contributed by atoms with Crippen LogP contribution >= 0.6 is 0 Å². The number of pyridine rings is 1. The number of hydrogen-bond donors (Lipinski definition) is 1. The van der Waals surface area contributed by atoms with Crippen molar-refractivity contribution >= 4 is 17.3 Å². The Morgan fingerprint density at radius 1 is 1.22 bits per heavy atom. The summed E-state index contributed by atoms with van der Waals surface area (Å²) in [5, 5.41) is 14.6. The van der Waals surface area contributed by atoms with Gasteiger partial charge in [0.1, 0.15) is 0 Å². The van der Waals surface area contributed by atoms with Gasteiger partial charge in [-0.2, -0.15) is 9.38 Å². The zero-order valence-corrected chi connectivity index (χ0v) is 14.8. The predicted molar refractivity (Wildman–Crippen MR) is 102 cm³/mol. The van der Waals surface area contributed by atoms with Crippen LogP contribution in [0, 0.1) is 10.1 Å². The van der Waals surface area contributed by atoms with Crippen LogP contribution in [-0.2, 0) is 11.3 Å². The third-order valence-corrected chi connectivity index (χ3v) is 4.65. The molecule has 2 aromatic heterocycles. The fourth-order valence-electron chi connectivity index (χ4n) is 3.38. The van der Waals surface area contributed by atoms with Gasteiger partial charge in [0, 0.05) is 32.2 Å². The molecular weight excluding hydrogens is 346 g/mol. The Labute approximate surface area is 156 Å². The van der Waals surface area contributed by atoms with Gasteiger partial charge in [-0.1, -0.05) is 36.4 Å². The third kappa shape index (κ3) is 3.91. The van der Waals surface area contributed by atoms with Crippen molar-refractivity contribution in [1.82, 2.24) is 14.3 Å². The molecule has 4 rings (SSSR count).